The van der Waals surface area contributed by atoms with Gasteiger partial charge in [0.25, 0.3) is 0 Å². The summed E-state index contributed by atoms with van der Waals surface area (Å²) in [6.45, 7) is 4.19. The molecule has 1 N–H and O–H groups in total. The molecule has 1 heterocycles. The molecule has 1 saturated heterocycles. The predicted octanol–water partition coefficient (Wildman–Crippen LogP) is 1.74. The molecular weight excluding hydrogens is 204 g/mol. The second-order valence-electron chi connectivity index (χ2n) is 4.62. The van der Waals surface area contributed by atoms with E-state index in [0.717, 1.165) is 5.56 Å². The largest absolute Gasteiger partial charge is 0.390 e. The van der Waals surface area contributed by atoms with Crippen molar-refractivity contribution in [2.24, 2.45) is 0 Å². The van der Waals surface area contributed by atoms with Gasteiger partial charge in [0.1, 0.15) is 6.10 Å². The smallest absolute Gasteiger partial charge is 0.163 e. The lowest BCUT2D eigenvalue weighted by atomic mass is 10.0. The fourth-order valence-electron chi connectivity index (χ4n) is 1.89. The van der Waals surface area contributed by atoms with Gasteiger partial charge < -0.3 is 14.6 Å². The summed E-state index contributed by atoms with van der Waals surface area (Å²) >= 11 is 0. The lowest BCUT2D eigenvalue weighted by Gasteiger charge is -2.20. The van der Waals surface area contributed by atoms with E-state index in [1.807, 2.05) is 44.2 Å². The Kier molecular flexibility index (Phi) is 3.28. The summed E-state index contributed by atoms with van der Waals surface area (Å²) in [5, 5.41) is 10.0. The molecule has 1 aliphatic rings. The van der Waals surface area contributed by atoms with Crippen LogP contribution in [0.4, 0.5) is 0 Å². The van der Waals surface area contributed by atoms with E-state index < -0.39 is 11.9 Å². The van der Waals surface area contributed by atoms with Crippen molar-refractivity contribution >= 4 is 0 Å². The van der Waals surface area contributed by atoms with Crippen LogP contribution in [0.3, 0.4) is 0 Å². The molecule has 0 spiro atoms. The third kappa shape index (κ3) is 2.82. The SMILES string of the molecule is CC1(C)OC[C@H]([C@@H](O)Cc2ccccc2)O1. The van der Waals surface area contributed by atoms with E-state index in [1.165, 1.54) is 0 Å². The predicted molar refractivity (Wildman–Crippen MR) is 61.1 cm³/mol. The highest BCUT2D eigenvalue weighted by atomic mass is 16.7. The maximum atomic E-state index is 10.0. The average Bonchev–Trinajstić information content (AvgIpc) is 2.60. The number of rotatable bonds is 3. The van der Waals surface area contributed by atoms with Crippen LogP contribution in [0.1, 0.15) is 19.4 Å². The van der Waals surface area contributed by atoms with Gasteiger partial charge in [0.05, 0.1) is 12.7 Å². The lowest BCUT2D eigenvalue weighted by Crippen LogP contribution is -2.32. The molecule has 3 nitrogen and oxygen atoms in total. The zero-order chi connectivity index (χ0) is 11.6. The van der Waals surface area contributed by atoms with Crippen molar-refractivity contribution in [1.82, 2.24) is 0 Å². The van der Waals surface area contributed by atoms with Crippen LogP contribution in [-0.4, -0.2) is 29.7 Å². The summed E-state index contributed by atoms with van der Waals surface area (Å²) in [5.41, 5.74) is 1.11. The van der Waals surface area contributed by atoms with Crippen molar-refractivity contribution < 1.29 is 14.6 Å². The second-order valence-corrected chi connectivity index (χ2v) is 4.62. The maximum Gasteiger partial charge on any atom is 0.163 e. The molecule has 1 aromatic rings. The molecule has 16 heavy (non-hydrogen) atoms. The Morgan fingerprint density at radius 1 is 1.38 bits per heavy atom. The summed E-state index contributed by atoms with van der Waals surface area (Å²) in [7, 11) is 0. The first-order chi connectivity index (χ1) is 7.57. The van der Waals surface area contributed by atoms with Crippen molar-refractivity contribution in [3.05, 3.63) is 35.9 Å². The van der Waals surface area contributed by atoms with Gasteiger partial charge in [-0.3, -0.25) is 0 Å². The highest BCUT2D eigenvalue weighted by molar-refractivity contribution is 5.15. The third-order valence-electron chi connectivity index (χ3n) is 2.75. The molecule has 0 aromatic heterocycles. The van der Waals surface area contributed by atoms with Gasteiger partial charge in [0, 0.05) is 6.42 Å². The molecule has 0 amide bonds. The first-order valence-electron chi connectivity index (χ1n) is 5.60. The number of benzene rings is 1. The van der Waals surface area contributed by atoms with Gasteiger partial charge in [-0.15, -0.1) is 0 Å². The molecule has 0 saturated carbocycles. The molecule has 1 fully saturated rings. The summed E-state index contributed by atoms with van der Waals surface area (Å²) in [6.07, 6.45) is -0.135. The quantitative estimate of drug-likeness (QED) is 0.846. The fourth-order valence-corrected chi connectivity index (χ4v) is 1.89. The van der Waals surface area contributed by atoms with Crippen molar-refractivity contribution in [1.29, 1.82) is 0 Å². The third-order valence-corrected chi connectivity index (χ3v) is 2.75. The van der Waals surface area contributed by atoms with Gasteiger partial charge >= 0.3 is 0 Å². The monoisotopic (exact) mass is 222 g/mol. The highest BCUT2D eigenvalue weighted by Gasteiger charge is 2.36. The Morgan fingerprint density at radius 3 is 2.62 bits per heavy atom. The number of aliphatic hydroxyl groups excluding tert-OH is 1. The Morgan fingerprint density at radius 2 is 2.06 bits per heavy atom. The lowest BCUT2D eigenvalue weighted by molar-refractivity contribution is -0.150. The van der Waals surface area contributed by atoms with Crippen LogP contribution in [0.25, 0.3) is 0 Å². The van der Waals surface area contributed by atoms with Gasteiger partial charge in [-0.2, -0.15) is 0 Å². The highest BCUT2D eigenvalue weighted by Crippen LogP contribution is 2.25. The Labute approximate surface area is 96.0 Å². The number of hydrogen-bond donors (Lipinski definition) is 1. The summed E-state index contributed by atoms with van der Waals surface area (Å²) in [5.74, 6) is -0.567. The maximum absolute atomic E-state index is 10.0. The number of hydrogen-bond acceptors (Lipinski definition) is 3. The zero-order valence-corrected chi connectivity index (χ0v) is 9.72. The summed E-state index contributed by atoms with van der Waals surface area (Å²) in [4.78, 5) is 0. The van der Waals surface area contributed by atoms with E-state index in [9.17, 15) is 5.11 Å². The molecule has 0 bridgehead atoms. The van der Waals surface area contributed by atoms with Crippen molar-refractivity contribution in [2.45, 2.75) is 38.3 Å². The van der Waals surface area contributed by atoms with Crippen LogP contribution < -0.4 is 0 Å². The van der Waals surface area contributed by atoms with Gasteiger partial charge in [-0.05, 0) is 19.4 Å². The van der Waals surface area contributed by atoms with Crippen LogP contribution in [0.5, 0.6) is 0 Å². The average molecular weight is 222 g/mol. The molecule has 88 valence electrons. The fraction of sp³-hybridized carbons (Fsp3) is 0.538. The molecule has 0 unspecified atom stereocenters. The van der Waals surface area contributed by atoms with E-state index in [0.29, 0.717) is 13.0 Å². The zero-order valence-electron chi connectivity index (χ0n) is 9.72. The van der Waals surface area contributed by atoms with Gasteiger partial charge in [0.15, 0.2) is 5.79 Å². The van der Waals surface area contributed by atoms with Gasteiger partial charge in [0.2, 0.25) is 0 Å². The second kappa shape index (κ2) is 4.53. The Bertz CT molecular complexity index is 334. The van der Waals surface area contributed by atoms with Crippen LogP contribution in [-0.2, 0) is 15.9 Å². The van der Waals surface area contributed by atoms with Crippen LogP contribution >= 0.6 is 0 Å². The minimum atomic E-state index is -0.567. The van der Waals surface area contributed by atoms with Crippen LogP contribution in [0.2, 0.25) is 0 Å². The van der Waals surface area contributed by atoms with Crippen molar-refractivity contribution in [3.63, 3.8) is 0 Å². The molecule has 1 aliphatic heterocycles. The summed E-state index contributed by atoms with van der Waals surface area (Å²) in [6, 6.07) is 9.92. The molecule has 3 heteroatoms. The minimum absolute atomic E-state index is 0.227. The standard InChI is InChI=1S/C13H18O3/c1-13(2)15-9-12(16-13)11(14)8-10-6-4-3-5-7-10/h3-7,11-12,14H,8-9H2,1-2H3/t11-,12+/m0/s1. The molecule has 1 aromatic carbocycles. The number of aliphatic hydroxyl groups is 1. The van der Waals surface area contributed by atoms with Gasteiger partial charge in [-0.25, -0.2) is 0 Å². The first-order valence-corrected chi connectivity index (χ1v) is 5.60. The van der Waals surface area contributed by atoms with E-state index in [4.69, 9.17) is 9.47 Å². The number of ether oxygens (including phenoxy) is 2. The topological polar surface area (TPSA) is 38.7 Å². The Balaban J connectivity index is 1.92. The molecule has 0 radical (unpaired) electrons. The van der Waals surface area contributed by atoms with Crippen molar-refractivity contribution in [3.8, 4) is 0 Å². The van der Waals surface area contributed by atoms with Crippen LogP contribution in [0.15, 0.2) is 30.3 Å². The molecule has 0 aliphatic carbocycles. The molecule has 2 rings (SSSR count). The normalized spacial score (nSPS) is 25.6. The summed E-state index contributed by atoms with van der Waals surface area (Å²) < 4.78 is 11.0. The van der Waals surface area contributed by atoms with Crippen molar-refractivity contribution in [2.75, 3.05) is 6.61 Å². The molecular formula is C13H18O3. The minimum Gasteiger partial charge on any atom is -0.390 e. The Hall–Kier alpha value is -0.900. The van der Waals surface area contributed by atoms with E-state index >= 15 is 0 Å². The van der Waals surface area contributed by atoms with Gasteiger partial charge in [-0.1, -0.05) is 30.3 Å². The first kappa shape index (κ1) is 11.6. The van der Waals surface area contributed by atoms with Crippen LogP contribution in [0, 0.1) is 0 Å². The molecule has 2 atom stereocenters. The van der Waals surface area contributed by atoms with E-state index in [1.54, 1.807) is 0 Å². The van der Waals surface area contributed by atoms with E-state index in [-0.39, 0.29) is 6.10 Å². The van der Waals surface area contributed by atoms with E-state index in [2.05, 4.69) is 0 Å².